The van der Waals surface area contributed by atoms with Crippen molar-refractivity contribution < 1.29 is 14.3 Å². The van der Waals surface area contributed by atoms with E-state index < -0.39 is 5.97 Å². The zero-order chi connectivity index (χ0) is 14.0. The molecule has 6 nitrogen and oxygen atoms in total. The summed E-state index contributed by atoms with van der Waals surface area (Å²) in [4.78, 5) is 22.8. The van der Waals surface area contributed by atoms with E-state index in [1.807, 2.05) is 6.92 Å². The maximum Gasteiger partial charge on any atom is 0.372 e. The molecule has 102 valence electrons. The lowest BCUT2D eigenvalue weighted by molar-refractivity contribution is 0.0659. The summed E-state index contributed by atoms with van der Waals surface area (Å²) in [6, 6.07) is 1.65. The normalized spacial score (nSPS) is 10.8. The number of hydrogen-bond acceptors (Lipinski definition) is 3. The summed E-state index contributed by atoms with van der Waals surface area (Å²) < 4.78 is 8.35. The summed E-state index contributed by atoms with van der Waals surface area (Å²) in [5.74, 6) is -0.707. The van der Waals surface area contributed by atoms with Gasteiger partial charge in [0.25, 0.3) is 0 Å². The summed E-state index contributed by atoms with van der Waals surface area (Å²) in [7, 11) is 0. The average molecular weight is 264 g/mol. The number of imidazole rings is 1. The minimum absolute atomic E-state index is 0.0731. The van der Waals surface area contributed by atoms with Crippen LogP contribution in [0.5, 0.6) is 0 Å². The Balaban J connectivity index is 2.24. The Morgan fingerprint density at radius 2 is 2.05 bits per heavy atom. The van der Waals surface area contributed by atoms with Crippen LogP contribution in [0.25, 0.3) is 0 Å². The first kappa shape index (κ1) is 13.2. The number of carbonyl (C=O) groups is 1. The summed E-state index contributed by atoms with van der Waals surface area (Å²) in [6.45, 7) is 4.58. The van der Waals surface area contributed by atoms with Crippen molar-refractivity contribution in [1.82, 2.24) is 9.13 Å². The van der Waals surface area contributed by atoms with Crippen LogP contribution < -0.4 is 5.69 Å². The Kier molecular flexibility index (Phi) is 3.59. The second-order valence-electron chi connectivity index (χ2n) is 4.43. The molecule has 0 bridgehead atoms. The predicted molar refractivity (Wildman–Crippen MR) is 68.5 cm³/mol. The van der Waals surface area contributed by atoms with Gasteiger partial charge in [-0.3, -0.25) is 9.13 Å². The van der Waals surface area contributed by atoms with E-state index in [0.29, 0.717) is 17.9 Å². The highest BCUT2D eigenvalue weighted by atomic mass is 16.4. The molecule has 0 spiro atoms. The lowest BCUT2D eigenvalue weighted by Crippen LogP contribution is -2.24. The van der Waals surface area contributed by atoms with E-state index in [9.17, 15) is 9.59 Å². The SMILES string of the molecule is CCCn1ccn(Cc2cc(C)c(C(=O)O)o2)c1=O. The molecule has 0 aliphatic carbocycles. The van der Waals surface area contributed by atoms with Gasteiger partial charge in [-0.15, -0.1) is 0 Å². The van der Waals surface area contributed by atoms with Crippen LogP contribution in [0.4, 0.5) is 0 Å². The molecule has 0 aliphatic rings. The predicted octanol–water partition coefficient (Wildman–Crippen LogP) is 1.71. The second kappa shape index (κ2) is 5.17. The van der Waals surface area contributed by atoms with Gasteiger partial charge in [-0.2, -0.15) is 0 Å². The Morgan fingerprint density at radius 1 is 1.37 bits per heavy atom. The Bertz CT molecular complexity index is 648. The van der Waals surface area contributed by atoms with Gasteiger partial charge in [0.05, 0.1) is 6.54 Å². The van der Waals surface area contributed by atoms with Crippen molar-refractivity contribution in [3.63, 3.8) is 0 Å². The highest BCUT2D eigenvalue weighted by Crippen LogP contribution is 2.15. The highest BCUT2D eigenvalue weighted by molar-refractivity contribution is 5.86. The fourth-order valence-corrected chi connectivity index (χ4v) is 1.99. The monoisotopic (exact) mass is 264 g/mol. The van der Waals surface area contributed by atoms with E-state index in [2.05, 4.69) is 0 Å². The fourth-order valence-electron chi connectivity index (χ4n) is 1.99. The van der Waals surface area contributed by atoms with Crippen molar-refractivity contribution in [3.05, 3.63) is 46.0 Å². The molecule has 0 saturated heterocycles. The van der Waals surface area contributed by atoms with E-state index >= 15 is 0 Å². The quantitative estimate of drug-likeness (QED) is 0.891. The van der Waals surface area contributed by atoms with Gasteiger partial charge in [-0.25, -0.2) is 9.59 Å². The third-order valence-corrected chi connectivity index (χ3v) is 2.87. The van der Waals surface area contributed by atoms with E-state index in [1.54, 1.807) is 30.0 Å². The molecule has 0 radical (unpaired) electrons. The van der Waals surface area contributed by atoms with Crippen molar-refractivity contribution in [1.29, 1.82) is 0 Å². The number of carboxylic acids is 1. The summed E-state index contributed by atoms with van der Waals surface area (Å²) in [5, 5.41) is 8.91. The molecule has 2 heterocycles. The topological polar surface area (TPSA) is 77.4 Å². The molecular weight excluding hydrogens is 248 g/mol. The zero-order valence-corrected chi connectivity index (χ0v) is 10.9. The Hall–Kier alpha value is -2.24. The van der Waals surface area contributed by atoms with Gasteiger partial charge in [0.1, 0.15) is 5.76 Å². The van der Waals surface area contributed by atoms with Crippen molar-refractivity contribution in [3.8, 4) is 0 Å². The van der Waals surface area contributed by atoms with Crippen LogP contribution in [0, 0.1) is 6.92 Å². The molecule has 19 heavy (non-hydrogen) atoms. The van der Waals surface area contributed by atoms with Crippen LogP contribution in [-0.4, -0.2) is 20.2 Å². The van der Waals surface area contributed by atoms with E-state index in [0.717, 1.165) is 6.42 Å². The van der Waals surface area contributed by atoms with Crippen LogP contribution in [0.3, 0.4) is 0 Å². The molecule has 0 saturated carbocycles. The molecule has 6 heteroatoms. The second-order valence-corrected chi connectivity index (χ2v) is 4.43. The first-order valence-electron chi connectivity index (χ1n) is 6.11. The van der Waals surface area contributed by atoms with Crippen LogP contribution in [0.15, 0.2) is 27.7 Å². The maximum atomic E-state index is 12.0. The minimum Gasteiger partial charge on any atom is -0.475 e. The average Bonchev–Trinajstić information content (AvgIpc) is 2.87. The smallest absolute Gasteiger partial charge is 0.372 e. The molecule has 0 unspecified atom stereocenters. The van der Waals surface area contributed by atoms with Crippen LogP contribution in [0.2, 0.25) is 0 Å². The van der Waals surface area contributed by atoms with E-state index in [-0.39, 0.29) is 18.0 Å². The summed E-state index contributed by atoms with van der Waals surface area (Å²) in [6.07, 6.45) is 4.28. The molecule has 2 rings (SSSR count). The number of rotatable bonds is 5. The fraction of sp³-hybridized carbons (Fsp3) is 0.385. The molecular formula is C13H16N2O4. The highest BCUT2D eigenvalue weighted by Gasteiger charge is 2.15. The van der Waals surface area contributed by atoms with Crippen LogP contribution in [0.1, 0.15) is 35.2 Å². The molecule has 0 atom stereocenters. The van der Waals surface area contributed by atoms with Gasteiger partial charge in [-0.05, 0) is 19.4 Å². The number of carboxylic acid groups (broad SMARTS) is 1. The molecule has 1 N–H and O–H groups in total. The first-order valence-corrected chi connectivity index (χ1v) is 6.11. The van der Waals surface area contributed by atoms with Crippen molar-refractivity contribution in [2.45, 2.75) is 33.4 Å². The van der Waals surface area contributed by atoms with E-state index in [1.165, 1.54) is 4.57 Å². The molecule has 0 aromatic carbocycles. The number of hydrogen-bond donors (Lipinski definition) is 1. The van der Waals surface area contributed by atoms with Crippen molar-refractivity contribution in [2.75, 3.05) is 0 Å². The van der Waals surface area contributed by atoms with E-state index in [4.69, 9.17) is 9.52 Å². The third-order valence-electron chi connectivity index (χ3n) is 2.87. The molecule has 2 aromatic heterocycles. The van der Waals surface area contributed by atoms with Gasteiger partial charge >= 0.3 is 11.7 Å². The number of furan rings is 1. The first-order chi connectivity index (χ1) is 9.02. The lowest BCUT2D eigenvalue weighted by atomic mass is 10.2. The van der Waals surface area contributed by atoms with Crippen molar-refractivity contribution >= 4 is 5.97 Å². The largest absolute Gasteiger partial charge is 0.475 e. The molecule has 0 fully saturated rings. The van der Waals surface area contributed by atoms with Gasteiger partial charge in [-0.1, -0.05) is 6.92 Å². The number of aromatic carboxylic acids is 1. The summed E-state index contributed by atoms with van der Waals surface area (Å²) >= 11 is 0. The minimum atomic E-state index is -1.10. The third kappa shape index (κ3) is 2.62. The van der Waals surface area contributed by atoms with Crippen LogP contribution >= 0.6 is 0 Å². The maximum absolute atomic E-state index is 12.0. The standard InChI is InChI=1S/C13H16N2O4/c1-3-4-14-5-6-15(13(14)18)8-10-7-9(2)11(19-10)12(16)17/h5-7H,3-4,8H2,1-2H3,(H,16,17). The van der Waals surface area contributed by atoms with Gasteiger partial charge in [0, 0.05) is 24.5 Å². The van der Waals surface area contributed by atoms with Gasteiger partial charge in [0.2, 0.25) is 5.76 Å². The molecule has 0 amide bonds. The van der Waals surface area contributed by atoms with Gasteiger partial charge < -0.3 is 9.52 Å². The molecule has 0 aliphatic heterocycles. The zero-order valence-electron chi connectivity index (χ0n) is 10.9. The Labute approximate surface area is 109 Å². The molecule has 2 aromatic rings. The van der Waals surface area contributed by atoms with Crippen molar-refractivity contribution in [2.24, 2.45) is 0 Å². The number of nitrogens with zero attached hydrogens (tertiary/aromatic N) is 2. The van der Waals surface area contributed by atoms with Gasteiger partial charge in [0.15, 0.2) is 0 Å². The Morgan fingerprint density at radius 3 is 2.63 bits per heavy atom. The number of aryl methyl sites for hydroxylation is 2. The lowest BCUT2D eigenvalue weighted by Gasteiger charge is -1.98. The number of aromatic nitrogens is 2. The summed E-state index contributed by atoms with van der Waals surface area (Å²) in [5.41, 5.74) is 0.441. The van der Waals surface area contributed by atoms with Crippen LogP contribution in [-0.2, 0) is 13.1 Å².